The molecule has 0 amide bonds. The standard InChI is InChI=1S/C10H10F3N5/c11-10(12,13)7-4-8-15-6-3-1-2-5(6)9(16-14)18(8)17-7/h4,16H,1-3,14H2. The van der Waals surface area contributed by atoms with Crippen molar-refractivity contribution in [3.8, 4) is 0 Å². The summed E-state index contributed by atoms with van der Waals surface area (Å²) in [6, 6.07) is 0.930. The van der Waals surface area contributed by atoms with Crippen LogP contribution < -0.4 is 11.3 Å². The zero-order valence-electron chi connectivity index (χ0n) is 9.25. The van der Waals surface area contributed by atoms with Crippen molar-refractivity contribution < 1.29 is 13.2 Å². The Bertz CT molecular complexity index is 616. The summed E-state index contributed by atoms with van der Waals surface area (Å²) < 4.78 is 38.9. The van der Waals surface area contributed by atoms with Crippen LogP contribution in [-0.4, -0.2) is 14.6 Å². The van der Waals surface area contributed by atoms with Crippen LogP contribution in [0.5, 0.6) is 0 Å². The zero-order chi connectivity index (χ0) is 12.9. The van der Waals surface area contributed by atoms with Crippen LogP contribution >= 0.6 is 0 Å². The summed E-state index contributed by atoms with van der Waals surface area (Å²) in [6.45, 7) is 0. The molecule has 0 radical (unpaired) electrons. The van der Waals surface area contributed by atoms with Crippen LogP contribution in [-0.2, 0) is 19.0 Å². The van der Waals surface area contributed by atoms with Crippen molar-refractivity contribution >= 4 is 11.5 Å². The first-order valence-corrected chi connectivity index (χ1v) is 5.46. The number of alkyl halides is 3. The van der Waals surface area contributed by atoms with Crippen LogP contribution in [0.4, 0.5) is 19.0 Å². The number of nitrogens with zero attached hydrogens (tertiary/aromatic N) is 3. The summed E-state index contributed by atoms with van der Waals surface area (Å²) in [5.74, 6) is 5.78. The maximum absolute atomic E-state index is 12.6. The minimum Gasteiger partial charge on any atom is -0.308 e. The number of halogens is 3. The number of nitrogens with two attached hydrogens (primary N) is 1. The van der Waals surface area contributed by atoms with Crippen LogP contribution in [0, 0.1) is 0 Å². The molecule has 0 atom stereocenters. The highest BCUT2D eigenvalue weighted by molar-refractivity contribution is 5.57. The lowest BCUT2D eigenvalue weighted by Gasteiger charge is -2.09. The van der Waals surface area contributed by atoms with E-state index in [1.807, 2.05) is 0 Å². The second-order valence-electron chi connectivity index (χ2n) is 4.18. The molecule has 96 valence electrons. The minimum absolute atomic E-state index is 0.163. The lowest BCUT2D eigenvalue weighted by Crippen LogP contribution is -2.15. The fraction of sp³-hybridized carbons (Fsp3) is 0.400. The summed E-state index contributed by atoms with van der Waals surface area (Å²) in [5.41, 5.74) is 3.27. The number of fused-ring (bicyclic) bond motifs is 2. The van der Waals surface area contributed by atoms with Crippen LogP contribution in [0.25, 0.3) is 5.65 Å². The van der Waals surface area contributed by atoms with Gasteiger partial charge in [0.15, 0.2) is 11.3 Å². The lowest BCUT2D eigenvalue weighted by atomic mass is 10.2. The van der Waals surface area contributed by atoms with Gasteiger partial charge < -0.3 is 5.43 Å². The first-order chi connectivity index (χ1) is 8.50. The number of nitrogen functional groups attached to an aromatic ring is 1. The average Bonchev–Trinajstić information content (AvgIpc) is 2.89. The third kappa shape index (κ3) is 1.52. The summed E-state index contributed by atoms with van der Waals surface area (Å²) in [7, 11) is 0. The van der Waals surface area contributed by atoms with Gasteiger partial charge in [0.1, 0.15) is 5.82 Å². The number of anilines is 1. The van der Waals surface area contributed by atoms with Gasteiger partial charge in [-0.1, -0.05) is 0 Å². The van der Waals surface area contributed by atoms with E-state index in [1.165, 1.54) is 0 Å². The van der Waals surface area contributed by atoms with Gasteiger partial charge in [-0.2, -0.15) is 22.8 Å². The highest BCUT2D eigenvalue weighted by atomic mass is 19.4. The molecular weight excluding hydrogens is 247 g/mol. The van der Waals surface area contributed by atoms with Crippen molar-refractivity contribution in [3.63, 3.8) is 0 Å². The molecule has 0 aromatic carbocycles. The molecule has 3 N–H and O–H groups in total. The molecule has 0 saturated heterocycles. The van der Waals surface area contributed by atoms with Crippen molar-refractivity contribution in [2.24, 2.45) is 5.84 Å². The third-order valence-electron chi connectivity index (χ3n) is 3.05. The monoisotopic (exact) mass is 257 g/mol. The van der Waals surface area contributed by atoms with E-state index >= 15 is 0 Å². The summed E-state index contributed by atoms with van der Waals surface area (Å²) in [5, 5.41) is 3.52. The summed E-state index contributed by atoms with van der Waals surface area (Å²) in [6.07, 6.45) is -2.05. The SMILES string of the molecule is NNc1c2c(nc3cc(C(F)(F)F)nn13)CCC2. The van der Waals surface area contributed by atoms with E-state index in [4.69, 9.17) is 5.84 Å². The smallest absolute Gasteiger partial charge is 0.308 e. The quantitative estimate of drug-likeness (QED) is 0.600. The van der Waals surface area contributed by atoms with Crippen LogP contribution in [0.2, 0.25) is 0 Å². The number of hydrogen-bond donors (Lipinski definition) is 2. The van der Waals surface area contributed by atoms with E-state index in [0.717, 1.165) is 41.1 Å². The van der Waals surface area contributed by atoms with Gasteiger partial charge in [-0.05, 0) is 19.3 Å². The fourth-order valence-corrected chi connectivity index (χ4v) is 2.27. The van der Waals surface area contributed by atoms with E-state index in [1.54, 1.807) is 0 Å². The van der Waals surface area contributed by atoms with E-state index in [-0.39, 0.29) is 5.65 Å². The molecule has 8 heteroatoms. The maximum Gasteiger partial charge on any atom is 0.435 e. The number of hydrogen-bond acceptors (Lipinski definition) is 4. The van der Waals surface area contributed by atoms with Gasteiger partial charge >= 0.3 is 6.18 Å². The average molecular weight is 257 g/mol. The molecule has 2 heterocycles. The first-order valence-electron chi connectivity index (χ1n) is 5.46. The summed E-state index contributed by atoms with van der Waals surface area (Å²) >= 11 is 0. The lowest BCUT2D eigenvalue weighted by molar-refractivity contribution is -0.141. The van der Waals surface area contributed by atoms with Gasteiger partial charge in [0.05, 0.1) is 0 Å². The fourth-order valence-electron chi connectivity index (χ4n) is 2.27. The Balaban J connectivity index is 2.28. The normalized spacial score (nSPS) is 15.1. The van der Waals surface area contributed by atoms with Gasteiger partial charge in [-0.15, -0.1) is 0 Å². The second-order valence-corrected chi connectivity index (χ2v) is 4.18. The molecule has 2 aromatic rings. The number of rotatable bonds is 1. The zero-order valence-corrected chi connectivity index (χ0v) is 9.25. The topological polar surface area (TPSA) is 68.2 Å². The molecule has 0 bridgehead atoms. The van der Waals surface area contributed by atoms with Crippen LogP contribution in [0.3, 0.4) is 0 Å². The Hall–Kier alpha value is -1.83. The van der Waals surface area contributed by atoms with Crippen molar-refractivity contribution in [2.75, 3.05) is 5.43 Å². The molecule has 1 aliphatic carbocycles. The summed E-state index contributed by atoms with van der Waals surface area (Å²) in [4.78, 5) is 4.20. The Morgan fingerprint density at radius 3 is 2.78 bits per heavy atom. The van der Waals surface area contributed by atoms with Crippen molar-refractivity contribution in [2.45, 2.75) is 25.4 Å². The van der Waals surface area contributed by atoms with Gasteiger partial charge in [0.2, 0.25) is 0 Å². The molecular formula is C10H10F3N5. The predicted molar refractivity (Wildman–Crippen MR) is 57.8 cm³/mol. The second kappa shape index (κ2) is 3.58. The number of aryl methyl sites for hydroxylation is 1. The minimum atomic E-state index is -4.48. The number of hydrazine groups is 1. The first kappa shape index (κ1) is 11.3. The molecule has 1 aliphatic rings. The van der Waals surface area contributed by atoms with Crippen LogP contribution in [0.15, 0.2) is 6.07 Å². The molecule has 0 spiro atoms. The van der Waals surface area contributed by atoms with Gasteiger partial charge in [0.25, 0.3) is 0 Å². The largest absolute Gasteiger partial charge is 0.435 e. The molecule has 0 unspecified atom stereocenters. The predicted octanol–water partition coefficient (Wildman–Crippen LogP) is 1.52. The Morgan fingerprint density at radius 2 is 2.11 bits per heavy atom. The van der Waals surface area contributed by atoms with E-state index in [0.29, 0.717) is 5.82 Å². The van der Waals surface area contributed by atoms with Gasteiger partial charge in [-0.25, -0.2) is 10.8 Å². The van der Waals surface area contributed by atoms with Gasteiger partial charge in [-0.3, -0.25) is 0 Å². The van der Waals surface area contributed by atoms with E-state index < -0.39 is 11.9 Å². The molecule has 3 rings (SSSR count). The number of aromatic nitrogens is 3. The molecule has 0 aliphatic heterocycles. The van der Waals surface area contributed by atoms with Gasteiger partial charge in [0, 0.05) is 17.3 Å². The van der Waals surface area contributed by atoms with Crippen LogP contribution in [0.1, 0.15) is 23.4 Å². The molecule has 2 aromatic heterocycles. The molecule has 18 heavy (non-hydrogen) atoms. The Morgan fingerprint density at radius 1 is 1.33 bits per heavy atom. The highest BCUT2D eigenvalue weighted by Gasteiger charge is 2.35. The van der Waals surface area contributed by atoms with E-state index in [9.17, 15) is 13.2 Å². The third-order valence-corrected chi connectivity index (χ3v) is 3.05. The Kier molecular flexibility index (Phi) is 2.24. The van der Waals surface area contributed by atoms with E-state index in [2.05, 4.69) is 15.5 Å². The van der Waals surface area contributed by atoms with Crippen molar-refractivity contribution in [3.05, 3.63) is 23.0 Å². The maximum atomic E-state index is 12.6. The molecule has 5 nitrogen and oxygen atoms in total. The highest BCUT2D eigenvalue weighted by Crippen LogP contribution is 2.32. The Labute approximate surface area is 99.8 Å². The molecule has 0 fully saturated rings. The van der Waals surface area contributed by atoms with Crippen molar-refractivity contribution in [1.29, 1.82) is 0 Å². The van der Waals surface area contributed by atoms with Crippen molar-refractivity contribution in [1.82, 2.24) is 14.6 Å². The number of nitrogens with one attached hydrogen (secondary N) is 1. The molecule has 0 saturated carbocycles.